The molecule has 0 saturated heterocycles. The molecule has 0 spiro atoms. The van der Waals surface area contributed by atoms with E-state index in [2.05, 4.69) is 0 Å². The molecule has 1 amide bonds. The molecular formula is C13H18N2O2S. The highest BCUT2D eigenvalue weighted by Crippen LogP contribution is 2.42. The molecule has 0 aromatic carbocycles. The maximum absolute atomic E-state index is 12.5. The molecule has 0 aliphatic heterocycles. The maximum Gasteiger partial charge on any atom is 0.235 e. The third-order valence-electron chi connectivity index (χ3n) is 3.81. The molecule has 1 aromatic rings. The minimum absolute atomic E-state index is 0.0295. The molecular weight excluding hydrogens is 248 g/mol. The summed E-state index contributed by atoms with van der Waals surface area (Å²) < 4.78 is 5.23. The van der Waals surface area contributed by atoms with Gasteiger partial charge in [0.25, 0.3) is 0 Å². The molecule has 0 unspecified atom stereocenters. The van der Waals surface area contributed by atoms with Gasteiger partial charge in [0.05, 0.1) is 16.7 Å². The van der Waals surface area contributed by atoms with Gasteiger partial charge < -0.3 is 15.1 Å². The van der Waals surface area contributed by atoms with Gasteiger partial charge in [0.15, 0.2) is 0 Å². The number of carbonyl (C=O) groups is 1. The Bertz CT molecular complexity index is 477. The maximum atomic E-state index is 12.5. The Kier molecular flexibility index (Phi) is 3.43. The van der Waals surface area contributed by atoms with Gasteiger partial charge in [0, 0.05) is 19.2 Å². The van der Waals surface area contributed by atoms with Crippen molar-refractivity contribution in [3.8, 4) is 0 Å². The van der Waals surface area contributed by atoms with Crippen LogP contribution in [0.25, 0.3) is 0 Å². The van der Waals surface area contributed by atoms with E-state index in [-0.39, 0.29) is 5.91 Å². The lowest BCUT2D eigenvalue weighted by molar-refractivity contribution is -0.141. The number of nitrogens with zero attached hydrogens (tertiary/aromatic N) is 1. The molecule has 1 fully saturated rings. The van der Waals surface area contributed by atoms with Crippen molar-refractivity contribution in [1.82, 2.24) is 4.90 Å². The fraction of sp³-hybridized carbons (Fsp3) is 0.538. The first-order chi connectivity index (χ1) is 8.47. The predicted molar refractivity (Wildman–Crippen MR) is 73.0 cm³/mol. The molecule has 2 rings (SSSR count). The summed E-state index contributed by atoms with van der Waals surface area (Å²) in [5, 5.41) is 0. The number of nitrogens with two attached hydrogens (primary N) is 1. The summed E-state index contributed by atoms with van der Waals surface area (Å²) in [6.07, 6.45) is 4.20. The Morgan fingerprint density at radius 2 is 2.28 bits per heavy atom. The molecule has 5 heteroatoms. The summed E-state index contributed by atoms with van der Waals surface area (Å²) in [7, 11) is 1.78. The number of carbonyl (C=O) groups excluding carboxylic acids is 1. The number of amides is 1. The van der Waals surface area contributed by atoms with E-state index < -0.39 is 5.41 Å². The minimum atomic E-state index is -0.596. The van der Waals surface area contributed by atoms with Crippen LogP contribution in [-0.4, -0.2) is 22.8 Å². The fourth-order valence-electron chi connectivity index (χ4n) is 2.36. The smallest absolute Gasteiger partial charge is 0.235 e. The summed E-state index contributed by atoms with van der Waals surface area (Å²) in [5.41, 5.74) is 6.16. The zero-order chi connectivity index (χ0) is 13.3. The van der Waals surface area contributed by atoms with Gasteiger partial charge in [0.2, 0.25) is 5.91 Å². The Morgan fingerprint density at radius 1 is 1.61 bits per heavy atom. The molecule has 2 N–H and O–H groups in total. The van der Waals surface area contributed by atoms with Crippen LogP contribution >= 0.6 is 12.2 Å². The standard InChI is InChI=1S/C13H18N2O2S/c1-9-10(4-7-17-9)8-15(2)12(16)13(11(14)18)5-3-6-13/h4,7H,3,5-6,8H2,1-2H3,(H2,14,18). The number of hydrogen-bond donors (Lipinski definition) is 1. The van der Waals surface area contributed by atoms with Crippen LogP contribution in [0, 0.1) is 12.3 Å². The number of rotatable bonds is 4. The average Bonchev–Trinajstić information content (AvgIpc) is 2.62. The van der Waals surface area contributed by atoms with Crippen LogP contribution in [0.2, 0.25) is 0 Å². The van der Waals surface area contributed by atoms with Crippen LogP contribution < -0.4 is 5.73 Å². The number of hydrogen-bond acceptors (Lipinski definition) is 3. The second-order valence-electron chi connectivity index (χ2n) is 4.96. The Morgan fingerprint density at radius 3 is 2.67 bits per heavy atom. The Labute approximate surface area is 112 Å². The molecule has 98 valence electrons. The molecule has 1 aromatic heterocycles. The first-order valence-corrected chi connectivity index (χ1v) is 6.46. The molecule has 1 saturated carbocycles. The summed E-state index contributed by atoms with van der Waals surface area (Å²) in [6.45, 7) is 2.42. The first-order valence-electron chi connectivity index (χ1n) is 6.06. The second kappa shape index (κ2) is 4.72. The topological polar surface area (TPSA) is 59.5 Å². The number of thiocarbonyl (C=S) groups is 1. The first kappa shape index (κ1) is 13.1. The van der Waals surface area contributed by atoms with Crippen molar-refractivity contribution in [3.63, 3.8) is 0 Å². The zero-order valence-corrected chi connectivity index (χ0v) is 11.5. The van der Waals surface area contributed by atoms with Crippen LogP contribution in [0.4, 0.5) is 0 Å². The van der Waals surface area contributed by atoms with Crippen molar-refractivity contribution >= 4 is 23.1 Å². The van der Waals surface area contributed by atoms with E-state index in [1.54, 1.807) is 18.2 Å². The molecule has 1 heterocycles. The average molecular weight is 266 g/mol. The Hall–Kier alpha value is -1.36. The van der Waals surface area contributed by atoms with Crippen molar-refractivity contribution < 1.29 is 9.21 Å². The van der Waals surface area contributed by atoms with Crippen LogP contribution in [0.5, 0.6) is 0 Å². The molecule has 18 heavy (non-hydrogen) atoms. The highest BCUT2D eigenvalue weighted by atomic mass is 32.1. The highest BCUT2D eigenvalue weighted by Gasteiger charge is 2.48. The van der Waals surface area contributed by atoms with Crippen molar-refractivity contribution in [1.29, 1.82) is 0 Å². The third-order valence-corrected chi connectivity index (χ3v) is 4.20. The quantitative estimate of drug-likeness (QED) is 0.847. The van der Waals surface area contributed by atoms with Crippen LogP contribution in [0.15, 0.2) is 16.7 Å². The van der Waals surface area contributed by atoms with Gasteiger partial charge in [-0.05, 0) is 25.8 Å². The van der Waals surface area contributed by atoms with Crippen molar-refractivity contribution in [2.45, 2.75) is 32.7 Å². The summed E-state index contributed by atoms with van der Waals surface area (Å²) >= 11 is 5.06. The van der Waals surface area contributed by atoms with Crippen molar-refractivity contribution in [2.24, 2.45) is 11.1 Å². The lowest BCUT2D eigenvalue weighted by Gasteiger charge is -2.41. The van der Waals surface area contributed by atoms with Gasteiger partial charge in [-0.15, -0.1) is 0 Å². The van der Waals surface area contributed by atoms with E-state index in [1.807, 2.05) is 13.0 Å². The molecule has 1 aliphatic rings. The van der Waals surface area contributed by atoms with Gasteiger partial charge in [-0.1, -0.05) is 18.6 Å². The Balaban J connectivity index is 2.09. The van der Waals surface area contributed by atoms with Crippen molar-refractivity contribution in [3.05, 3.63) is 23.7 Å². The third kappa shape index (κ3) is 2.03. The lowest BCUT2D eigenvalue weighted by Crippen LogP contribution is -2.53. The lowest BCUT2D eigenvalue weighted by atomic mass is 9.67. The summed E-state index contributed by atoms with van der Waals surface area (Å²) in [5.74, 6) is 0.870. The molecule has 0 radical (unpaired) electrons. The SMILES string of the molecule is Cc1occc1CN(C)C(=O)C1(C(N)=S)CCC1. The van der Waals surface area contributed by atoms with Crippen LogP contribution in [0.3, 0.4) is 0 Å². The summed E-state index contributed by atoms with van der Waals surface area (Å²) in [6, 6.07) is 1.88. The molecule has 0 bridgehead atoms. The minimum Gasteiger partial charge on any atom is -0.469 e. The van der Waals surface area contributed by atoms with E-state index >= 15 is 0 Å². The van der Waals surface area contributed by atoms with Gasteiger partial charge in [-0.3, -0.25) is 4.79 Å². The molecule has 0 atom stereocenters. The van der Waals surface area contributed by atoms with Gasteiger partial charge in [-0.25, -0.2) is 0 Å². The van der Waals surface area contributed by atoms with Gasteiger partial charge in [-0.2, -0.15) is 0 Å². The number of furan rings is 1. The fourth-order valence-corrected chi connectivity index (χ4v) is 2.66. The van der Waals surface area contributed by atoms with Gasteiger partial charge >= 0.3 is 0 Å². The molecule has 1 aliphatic carbocycles. The van der Waals surface area contributed by atoms with Crippen LogP contribution in [0.1, 0.15) is 30.6 Å². The van der Waals surface area contributed by atoms with Crippen LogP contribution in [-0.2, 0) is 11.3 Å². The summed E-state index contributed by atoms with van der Waals surface area (Å²) in [4.78, 5) is 14.5. The van der Waals surface area contributed by atoms with E-state index in [0.29, 0.717) is 11.5 Å². The van der Waals surface area contributed by atoms with Gasteiger partial charge in [0.1, 0.15) is 5.76 Å². The largest absolute Gasteiger partial charge is 0.469 e. The van der Waals surface area contributed by atoms with E-state index in [1.165, 1.54) is 0 Å². The van der Waals surface area contributed by atoms with E-state index in [4.69, 9.17) is 22.4 Å². The van der Waals surface area contributed by atoms with E-state index in [0.717, 1.165) is 30.6 Å². The monoisotopic (exact) mass is 266 g/mol. The number of aryl methyl sites for hydroxylation is 1. The predicted octanol–water partition coefficient (Wildman–Crippen LogP) is 2.00. The van der Waals surface area contributed by atoms with Crippen molar-refractivity contribution in [2.75, 3.05) is 7.05 Å². The van der Waals surface area contributed by atoms with E-state index in [9.17, 15) is 4.79 Å². The zero-order valence-electron chi connectivity index (χ0n) is 10.7. The highest BCUT2D eigenvalue weighted by molar-refractivity contribution is 7.80. The molecule has 4 nitrogen and oxygen atoms in total. The normalized spacial score (nSPS) is 17.0. The second-order valence-corrected chi connectivity index (χ2v) is 5.40.